The maximum Gasteiger partial charge on any atom is 0.0101 e. The number of hydrogen-bond donors (Lipinski definition) is 1. The minimum absolute atomic E-state index is 0.702. The van der Waals surface area contributed by atoms with Crippen LogP contribution in [0.5, 0.6) is 0 Å². The van der Waals surface area contributed by atoms with Gasteiger partial charge in [0.2, 0.25) is 0 Å². The van der Waals surface area contributed by atoms with Gasteiger partial charge in [0.25, 0.3) is 0 Å². The molecule has 1 heterocycles. The van der Waals surface area contributed by atoms with Crippen LogP contribution in [0.15, 0.2) is 0 Å². The van der Waals surface area contributed by atoms with Crippen molar-refractivity contribution in [3.8, 4) is 0 Å². The Balaban J connectivity index is 1.92. The van der Waals surface area contributed by atoms with Crippen molar-refractivity contribution in [2.75, 3.05) is 19.6 Å². The lowest BCUT2D eigenvalue weighted by Crippen LogP contribution is -2.48. The molecule has 1 saturated heterocycles. The molecule has 0 radical (unpaired) electrons. The summed E-state index contributed by atoms with van der Waals surface area (Å²) in [5, 5.41) is 3.58. The van der Waals surface area contributed by atoms with E-state index in [1.165, 1.54) is 58.2 Å². The Morgan fingerprint density at radius 1 is 1.05 bits per heavy atom. The highest BCUT2D eigenvalue weighted by atomic mass is 15.2. The van der Waals surface area contributed by atoms with Gasteiger partial charge in [0.1, 0.15) is 0 Å². The first kappa shape index (κ1) is 16.3. The van der Waals surface area contributed by atoms with Crippen LogP contribution in [0.4, 0.5) is 0 Å². The number of nitrogens with one attached hydrogen (secondary N) is 1. The van der Waals surface area contributed by atoms with Crippen molar-refractivity contribution in [1.82, 2.24) is 10.2 Å². The number of piperidine rings is 1. The molecule has 0 amide bonds. The van der Waals surface area contributed by atoms with Crippen LogP contribution >= 0.6 is 0 Å². The number of nitrogens with zero attached hydrogens (tertiary/aromatic N) is 1. The highest BCUT2D eigenvalue weighted by Crippen LogP contribution is 2.33. The lowest BCUT2D eigenvalue weighted by molar-refractivity contribution is 0.0676. The van der Waals surface area contributed by atoms with Crippen LogP contribution in [0.3, 0.4) is 0 Å². The molecule has 0 aromatic carbocycles. The SMILES string of the molecule is CC(C)C1CCCC(N(CC2CCCNC2)C(C)C)C1. The first-order valence-corrected chi connectivity index (χ1v) is 9.04. The second-order valence-electron chi connectivity index (χ2n) is 7.83. The van der Waals surface area contributed by atoms with E-state index < -0.39 is 0 Å². The van der Waals surface area contributed by atoms with Gasteiger partial charge in [0.05, 0.1) is 0 Å². The molecule has 1 N–H and O–H groups in total. The molecule has 0 aromatic rings. The zero-order chi connectivity index (χ0) is 14.5. The standard InChI is InChI=1S/C18H36N2/c1-14(2)17-8-5-9-18(11-17)20(15(3)4)13-16-7-6-10-19-12-16/h14-19H,5-13H2,1-4H3. The fourth-order valence-corrected chi connectivity index (χ4v) is 4.27. The normalized spacial score (nSPS) is 32.2. The molecule has 2 rings (SSSR count). The van der Waals surface area contributed by atoms with Gasteiger partial charge in [0.15, 0.2) is 0 Å². The van der Waals surface area contributed by atoms with Gasteiger partial charge in [-0.15, -0.1) is 0 Å². The van der Waals surface area contributed by atoms with Crippen molar-refractivity contribution >= 4 is 0 Å². The minimum atomic E-state index is 0.702. The second-order valence-corrected chi connectivity index (χ2v) is 7.83. The summed E-state index contributed by atoms with van der Waals surface area (Å²) in [6.45, 7) is 13.4. The summed E-state index contributed by atoms with van der Waals surface area (Å²) in [7, 11) is 0. The van der Waals surface area contributed by atoms with E-state index in [1.807, 2.05) is 0 Å². The third kappa shape index (κ3) is 4.46. The van der Waals surface area contributed by atoms with E-state index in [4.69, 9.17) is 0 Å². The van der Waals surface area contributed by atoms with Crippen molar-refractivity contribution in [1.29, 1.82) is 0 Å². The van der Waals surface area contributed by atoms with Gasteiger partial charge in [-0.1, -0.05) is 26.7 Å². The summed E-state index contributed by atoms with van der Waals surface area (Å²) in [5.41, 5.74) is 0. The zero-order valence-corrected chi connectivity index (χ0v) is 14.2. The molecule has 2 aliphatic rings. The summed E-state index contributed by atoms with van der Waals surface area (Å²) < 4.78 is 0. The van der Waals surface area contributed by atoms with Gasteiger partial charge in [0, 0.05) is 18.6 Å². The molecule has 1 aliphatic heterocycles. The maximum absolute atomic E-state index is 3.58. The number of rotatable bonds is 5. The molecule has 2 nitrogen and oxygen atoms in total. The van der Waals surface area contributed by atoms with Crippen molar-refractivity contribution < 1.29 is 0 Å². The highest BCUT2D eigenvalue weighted by Gasteiger charge is 2.30. The Hall–Kier alpha value is -0.0800. The van der Waals surface area contributed by atoms with E-state index in [2.05, 4.69) is 37.9 Å². The quantitative estimate of drug-likeness (QED) is 0.821. The molecule has 2 heteroatoms. The predicted molar refractivity (Wildman–Crippen MR) is 88.0 cm³/mol. The van der Waals surface area contributed by atoms with Gasteiger partial charge in [-0.2, -0.15) is 0 Å². The number of hydrogen-bond acceptors (Lipinski definition) is 2. The molecule has 118 valence electrons. The van der Waals surface area contributed by atoms with Crippen LogP contribution in [0.25, 0.3) is 0 Å². The van der Waals surface area contributed by atoms with Crippen LogP contribution in [0, 0.1) is 17.8 Å². The van der Waals surface area contributed by atoms with Crippen LogP contribution in [0.2, 0.25) is 0 Å². The monoisotopic (exact) mass is 280 g/mol. The van der Waals surface area contributed by atoms with Crippen molar-refractivity contribution in [3.63, 3.8) is 0 Å². The molecule has 0 spiro atoms. The molecule has 1 saturated carbocycles. The maximum atomic E-state index is 3.58. The molecule has 3 atom stereocenters. The van der Waals surface area contributed by atoms with E-state index in [0.717, 1.165) is 23.8 Å². The summed E-state index contributed by atoms with van der Waals surface area (Å²) in [6.07, 6.45) is 8.58. The lowest BCUT2D eigenvalue weighted by atomic mass is 9.78. The molecular formula is C18H36N2. The van der Waals surface area contributed by atoms with Gasteiger partial charge < -0.3 is 5.32 Å². The summed E-state index contributed by atoms with van der Waals surface area (Å²) in [4.78, 5) is 2.84. The Kier molecular flexibility index (Phi) is 6.35. The molecule has 3 unspecified atom stereocenters. The van der Waals surface area contributed by atoms with Crippen molar-refractivity contribution in [3.05, 3.63) is 0 Å². The smallest absolute Gasteiger partial charge is 0.0101 e. The predicted octanol–water partition coefficient (Wildman–Crippen LogP) is 3.91. The second kappa shape index (κ2) is 7.79. The summed E-state index contributed by atoms with van der Waals surface area (Å²) in [6, 6.07) is 1.55. The molecule has 2 fully saturated rings. The Morgan fingerprint density at radius 2 is 1.85 bits per heavy atom. The van der Waals surface area contributed by atoms with Crippen LogP contribution in [-0.2, 0) is 0 Å². The minimum Gasteiger partial charge on any atom is -0.316 e. The molecule has 1 aliphatic carbocycles. The molecular weight excluding hydrogens is 244 g/mol. The summed E-state index contributed by atoms with van der Waals surface area (Å²) >= 11 is 0. The van der Waals surface area contributed by atoms with Gasteiger partial charge in [-0.25, -0.2) is 0 Å². The van der Waals surface area contributed by atoms with Gasteiger partial charge in [-0.3, -0.25) is 4.90 Å². The van der Waals surface area contributed by atoms with Crippen LogP contribution in [-0.4, -0.2) is 36.6 Å². The first-order chi connectivity index (χ1) is 9.58. The van der Waals surface area contributed by atoms with E-state index in [1.54, 1.807) is 0 Å². The van der Waals surface area contributed by atoms with Gasteiger partial charge >= 0.3 is 0 Å². The van der Waals surface area contributed by atoms with Crippen LogP contribution in [0.1, 0.15) is 66.2 Å². The third-order valence-electron chi connectivity index (χ3n) is 5.63. The molecule has 0 aromatic heterocycles. The van der Waals surface area contributed by atoms with Gasteiger partial charge in [-0.05, 0) is 70.4 Å². The average molecular weight is 280 g/mol. The van der Waals surface area contributed by atoms with Crippen molar-refractivity contribution in [2.24, 2.45) is 17.8 Å². The molecule has 0 bridgehead atoms. The first-order valence-electron chi connectivity index (χ1n) is 9.04. The highest BCUT2D eigenvalue weighted by molar-refractivity contribution is 4.85. The Morgan fingerprint density at radius 3 is 2.45 bits per heavy atom. The van der Waals surface area contributed by atoms with E-state index >= 15 is 0 Å². The third-order valence-corrected chi connectivity index (χ3v) is 5.63. The fourth-order valence-electron chi connectivity index (χ4n) is 4.27. The average Bonchev–Trinajstić information content (AvgIpc) is 2.45. The van der Waals surface area contributed by atoms with Crippen molar-refractivity contribution in [2.45, 2.75) is 78.3 Å². The summed E-state index contributed by atoms with van der Waals surface area (Å²) in [5.74, 6) is 2.70. The fraction of sp³-hybridized carbons (Fsp3) is 1.00. The topological polar surface area (TPSA) is 15.3 Å². The van der Waals surface area contributed by atoms with Crippen LogP contribution < -0.4 is 5.32 Å². The zero-order valence-electron chi connectivity index (χ0n) is 14.2. The van der Waals surface area contributed by atoms with E-state index in [0.29, 0.717) is 6.04 Å². The Bertz CT molecular complexity index is 269. The molecule has 20 heavy (non-hydrogen) atoms. The van der Waals surface area contributed by atoms with E-state index in [-0.39, 0.29) is 0 Å². The Labute approximate surface area is 126 Å². The van der Waals surface area contributed by atoms with E-state index in [9.17, 15) is 0 Å². The largest absolute Gasteiger partial charge is 0.316 e. The lowest BCUT2D eigenvalue weighted by Gasteiger charge is -2.43.